The number of aryl methyl sites for hydroxylation is 2. The van der Waals surface area contributed by atoms with Crippen LogP contribution in [0.15, 0.2) is 24.3 Å². The van der Waals surface area contributed by atoms with Gasteiger partial charge in [0.05, 0.1) is 16.8 Å². The summed E-state index contributed by atoms with van der Waals surface area (Å²) in [7, 11) is 0. The smallest absolute Gasteiger partial charge is 0.341 e. The average Bonchev–Trinajstić information content (AvgIpc) is 2.63. The van der Waals surface area contributed by atoms with Crippen LogP contribution in [0.25, 0.3) is 10.9 Å². The summed E-state index contributed by atoms with van der Waals surface area (Å²) in [5.74, 6) is -0.270. The van der Waals surface area contributed by atoms with E-state index in [9.17, 15) is 9.59 Å². The van der Waals surface area contributed by atoms with E-state index in [1.54, 1.807) is 13.8 Å². The molecule has 27 heavy (non-hydrogen) atoms. The molecule has 144 valence electrons. The number of ether oxygens (including phenoxy) is 1. The van der Waals surface area contributed by atoms with Gasteiger partial charge in [0.25, 0.3) is 5.91 Å². The molecule has 1 aliphatic rings. The third kappa shape index (κ3) is 4.12. The molecule has 1 N–H and O–H groups in total. The number of hydrogen-bond acceptors (Lipinski definition) is 4. The number of fused-ring (bicyclic) bond motifs is 1. The second-order valence-electron chi connectivity index (χ2n) is 7.64. The number of esters is 1. The number of pyridine rings is 1. The van der Waals surface area contributed by atoms with Crippen molar-refractivity contribution < 1.29 is 14.3 Å². The Balaban J connectivity index is 1.73. The van der Waals surface area contributed by atoms with E-state index in [1.165, 1.54) is 6.42 Å². The van der Waals surface area contributed by atoms with E-state index in [1.807, 2.05) is 31.2 Å². The topological polar surface area (TPSA) is 68.3 Å². The summed E-state index contributed by atoms with van der Waals surface area (Å²) < 4.78 is 5.49. The molecule has 0 aliphatic heterocycles. The van der Waals surface area contributed by atoms with Crippen molar-refractivity contribution in [1.82, 2.24) is 10.3 Å². The van der Waals surface area contributed by atoms with Gasteiger partial charge in [-0.3, -0.25) is 9.78 Å². The van der Waals surface area contributed by atoms with E-state index in [-0.39, 0.29) is 11.9 Å². The molecule has 0 radical (unpaired) electrons. The van der Waals surface area contributed by atoms with Gasteiger partial charge in [0.2, 0.25) is 0 Å². The van der Waals surface area contributed by atoms with E-state index in [2.05, 4.69) is 17.2 Å². The molecule has 2 aromatic rings. The maximum atomic E-state index is 12.8. The molecule has 1 fully saturated rings. The maximum Gasteiger partial charge on any atom is 0.341 e. The molecule has 3 rings (SSSR count). The Bertz CT molecular complexity index is 862. The number of amides is 1. The van der Waals surface area contributed by atoms with Crippen molar-refractivity contribution in [2.24, 2.45) is 5.92 Å². The van der Waals surface area contributed by atoms with Gasteiger partial charge in [0.15, 0.2) is 6.10 Å². The van der Waals surface area contributed by atoms with Gasteiger partial charge in [-0.25, -0.2) is 4.79 Å². The number of carbonyl (C=O) groups excluding carboxylic acids is 2. The predicted octanol–water partition coefficient (Wildman–Crippen LogP) is 4.09. The van der Waals surface area contributed by atoms with Gasteiger partial charge in [-0.05, 0) is 51.2 Å². The highest BCUT2D eigenvalue weighted by atomic mass is 16.5. The van der Waals surface area contributed by atoms with Gasteiger partial charge >= 0.3 is 5.97 Å². The largest absolute Gasteiger partial charge is 0.449 e. The van der Waals surface area contributed by atoms with Crippen molar-refractivity contribution in [3.8, 4) is 0 Å². The molecular weight excluding hydrogens is 340 g/mol. The van der Waals surface area contributed by atoms with Crippen LogP contribution in [0.2, 0.25) is 0 Å². The lowest BCUT2D eigenvalue weighted by molar-refractivity contribution is -0.130. The first-order chi connectivity index (χ1) is 12.9. The first-order valence-electron chi connectivity index (χ1n) is 9.75. The highest BCUT2D eigenvalue weighted by Gasteiger charge is 2.27. The molecule has 1 aromatic heterocycles. The summed E-state index contributed by atoms with van der Waals surface area (Å²) in [5.41, 5.74) is 2.74. The molecule has 1 aliphatic carbocycles. The van der Waals surface area contributed by atoms with Crippen LogP contribution < -0.4 is 5.32 Å². The summed E-state index contributed by atoms with van der Waals surface area (Å²) in [6, 6.07) is 7.87. The number of aromatic nitrogens is 1. The summed E-state index contributed by atoms with van der Waals surface area (Å²) in [6.07, 6.45) is 3.62. The van der Waals surface area contributed by atoms with Crippen LogP contribution in [0, 0.1) is 19.8 Å². The normalized spacial score (nSPS) is 20.9. The molecule has 0 spiro atoms. The fraction of sp³-hybridized carbons (Fsp3) is 0.500. The van der Waals surface area contributed by atoms with E-state index in [0.717, 1.165) is 35.7 Å². The zero-order valence-corrected chi connectivity index (χ0v) is 16.5. The van der Waals surface area contributed by atoms with Gasteiger partial charge in [-0.2, -0.15) is 0 Å². The Kier molecular flexibility index (Phi) is 5.78. The van der Waals surface area contributed by atoms with Gasteiger partial charge in [0, 0.05) is 11.4 Å². The summed E-state index contributed by atoms with van der Waals surface area (Å²) in [5, 5.41) is 3.97. The minimum Gasteiger partial charge on any atom is -0.449 e. The highest BCUT2D eigenvalue weighted by Crippen LogP contribution is 2.25. The fourth-order valence-corrected chi connectivity index (χ4v) is 3.94. The van der Waals surface area contributed by atoms with Crippen molar-refractivity contribution in [2.75, 3.05) is 0 Å². The first-order valence-corrected chi connectivity index (χ1v) is 9.75. The lowest BCUT2D eigenvalue weighted by Crippen LogP contribution is -2.46. The van der Waals surface area contributed by atoms with Crippen molar-refractivity contribution in [1.29, 1.82) is 0 Å². The number of para-hydroxylation sites is 1. The van der Waals surface area contributed by atoms with Crippen LogP contribution in [0.5, 0.6) is 0 Å². The first kappa shape index (κ1) is 19.3. The van der Waals surface area contributed by atoms with E-state index < -0.39 is 12.1 Å². The zero-order valence-electron chi connectivity index (χ0n) is 16.5. The molecule has 1 amide bonds. The number of rotatable bonds is 4. The summed E-state index contributed by atoms with van der Waals surface area (Å²) in [4.78, 5) is 29.8. The Morgan fingerprint density at radius 2 is 1.89 bits per heavy atom. The predicted molar refractivity (Wildman–Crippen MR) is 106 cm³/mol. The molecule has 0 saturated heterocycles. The van der Waals surface area contributed by atoms with E-state index in [4.69, 9.17) is 4.74 Å². The molecule has 1 aromatic carbocycles. The third-order valence-electron chi connectivity index (χ3n) is 5.63. The maximum absolute atomic E-state index is 12.8. The Morgan fingerprint density at radius 3 is 2.63 bits per heavy atom. The van der Waals surface area contributed by atoms with Crippen LogP contribution in [0.1, 0.15) is 61.1 Å². The van der Waals surface area contributed by atoms with Crippen molar-refractivity contribution in [3.63, 3.8) is 0 Å². The molecule has 0 unspecified atom stereocenters. The van der Waals surface area contributed by atoms with Gasteiger partial charge < -0.3 is 10.1 Å². The molecule has 1 heterocycles. The molecule has 1 saturated carbocycles. The SMILES string of the molecule is Cc1nc2ccccc2c(C)c1C(=O)O[C@H](C)C(=O)N[C@@H]1CCCC[C@@H]1C. The fourth-order valence-electron chi connectivity index (χ4n) is 3.94. The number of benzene rings is 1. The Morgan fingerprint density at radius 1 is 1.19 bits per heavy atom. The van der Waals surface area contributed by atoms with E-state index >= 15 is 0 Å². The van der Waals surface area contributed by atoms with Crippen LogP contribution >= 0.6 is 0 Å². The van der Waals surface area contributed by atoms with Gasteiger partial charge in [-0.15, -0.1) is 0 Å². The number of nitrogens with zero attached hydrogens (tertiary/aromatic N) is 1. The minimum absolute atomic E-state index is 0.165. The Labute approximate surface area is 160 Å². The molecule has 5 heteroatoms. The van der Waals surface area contributed by atoms with Crippen molar-refractivity contribution >= 4 is 22.8 Å². The van der Waals surface area contributed by atoms with Crippen LogP contribution in [0.3, 0.4) is 0 Å². The highest BCUT2D eigenvalue weighted by molar-refractivity contribution is 5.99. The van der Waals surface area contributed by atoms with Gasteiger partial charge in [0.1, 0.15) is 0 Å². The monoisotopic (exact) mass is 368 g/mol. The zero-order chi connectivity index (χ0) is 19.6. The third-order valence-corrected chi connectivity index (χ3v) is 5.63. The second-order valence-corrected chi connectivity index (χ2v) is 7.64. The summed E-state index contributed by atoms with van der Waals surface area (Å²) >= 11 is 0. The second kappa shape index (κ2) is 8.07. The number of hydrogen-bond donors (Lipinski definition) is 1. The lowest BCUT2D eigenvalue weighted by atomic mass is 9.86. The van der Waals surface area contributed by atoms with Crippen LogP contribution in [-0.2, 0) is 9.53 Å². The quantitative estimate of drug-likeness (QED) is 0.825. The standard InChI is InChI=1S/C22H28N2O3/c1-13-9-5-7-11-18(13)24-21(25)16(4)27-22(26)20-14(2)17-10-6-8-12-19(17)23-15(20)3/h6,8,10,12-13,16,18H,5,7,9,11H2,1-4H3,(H,24,25)/t13-,16+,18+/m0/s1. The minimum atomic E-state index is -0.836. The molecule has 0 bridgehead atoms. The molecule has 5 nitrogen and oxygen atoms in total. The number of nitrogens with one attached hydrogen (secondary N) is 1. The van der Waals surface area contributed by atoms with Gasteiger partial charge in [-0.1, -0.05) is 38.0 Å². The van der Waals surface area contributed by atoms with Crippen molar-refractivity contribution in [3.05, 3.63) is 41.1 Å². The summed E-state index contributed by atoms with van der Waals surface area (Å²) in [6.45, 7) is 7.47. The Hall–Kier alpha value is -2.43. The van der Waals surface area contributed by atoms with Crippen molar-refractivity contribution in [2.45, 2.75) is 65.5 Å². The number of carbonyl (C=O) groups is 2. The lowest BCUT2D eigenvalue weighted by Gasteiger charge is -2.30. The van der Waals surface area contributed by atoms with Crippen LogP contribution in [-0.4, -0.2) is 29.0 Å². The van der Waals surface area contributed by atoms with E-state index in [0.29, 0.717) is 17.2 Å². The molecule has 3 atom stereocenters. The van der Waals surface area contributed by atoms with Crippen LogP contribution in [0.4, 0.5) is 0 Å². The molecular formula is C22H28N2O3. The average molecular weight is 368 g/mol.